The van der Waals surface area contributed by atoms with E-state index in [4.69, 9.17) is 10.4 Å². The van der Waals surface area contributed by atoms with Gasteiger partial charge in [0, 0.05) is 16.5 Å². The van der Waals surface area contributed by atoms with Crippen LogP contribution in [0.25, 0.3) is 72.5 Å². The minimum atomic E-state index is -0.0543. The molecule has 61 heavy (non-hydrogen) atoms. The monoisotopic (exact) mass is 780 g/mol. The van der Waals surface area contributed by atoms with Crippen LogP contribution in [0.4, 0.5) is 0 Å². The topological polar surface area (TPSA) is 36.2 Å². The molecule has 1 N–H and O–H groups in total. The number of benzene rings is 9. The summed E-state index contributed by atoms with van der Waals surface area (Å²) in [4.78, 5) is 5.01. The quantitative estimate of drug-likeness (QED) is 0.118. The van der Waals surface area contributed by atoms with Crippen molar-refractivity contribution >= 4 is 28.4 Å². The Balaban J connectivity index is 1.04. The Labute approximate surface area is 358 Å². The molecule has 1 aliphatic carbocycles. The van der Waals surface area contributed by atoms with E-state index in [1.807, 2.05) is 42.5 Å². The molecule has 0 saturated carbocycles. The van der Waals surface area contributed by atoms with Crippen LogP contribution in [0.1, 0.15) is 41.7 Å². The minimum absolute atomic E-state index is 0.0543. The lowest BCUT2D eigenvalue weighted by Crippen LogP contribution is -2.14. The van der Waals surface area contributed by atoms with Gasteiger partial charge in [-0.3, -0.25) is 5.41 Å². The van der Waals surface area contributed by atoms with Gasteiger partial charge in [-0.25, -0.2) is 4.99 Å². The summed E-state index contributed by atoms with van der Waals surface area (Å²) < 4.78 is 0. The zero-order valence-corrected chi connectivity index (χ0v) is 34.3. The second-order valence-corrected chi connectivity index (χ2v) is 16.3. The number of hydrogen-bond acceptors (Lipinski definition) is 1. The highest BCUT2D eigenvalue weighted by molar-refractivity contribution is 6.18. The fourth-order valence-electron chi connectivity index (χ4n) is 9.05. The number of aliphatic imine (C=N–C) groups is 1. The summed E-state index contributed by atoms with van der Waals surface area (Å²) in [6.45, 7) is 4.68. The summed E-state index contributed by atoms with van der Waals surface area (Å²) in [6, 6.07) is 75.2. The van der Waals surface area contributed by atoms with E-state index in [1.54, 1.807) is 0 Å². The van der Waals surface area contributed by atoms with Gasteiger partial charge in [0.05, 0.1) is 5.71 Å². The summed E-state index contributed by atoms with van der Waals surface area (Å²) in [5.74, 6) is 0.213. The van der Waals surface area contributed by atoms with Gasteiger partial charge in [0.1, 0.15) is 0 Å². The second-order valence-electron chi connectivity index (χ2n) is 16.3. The molecule has 0 atom stereocenters. The van der Waals surface area contributed by atoms with Crippen LogP contribution in [0, 0.1) is 5.41 Å². The van der Waals surface area contributed by atoms with E-state index in [0.29, 0.717) is 5.71 Å². The maximum absolute atomic E-state index is 9.09. The first-order chi connectivity index (χ1) is 29.9. The molecule has 0 radical (unpaired) electrons. The zero-order chi connectivity index (χ0) is 41.3. The zero-order valence-electron chi connectivity index (χ0n) is 34.3. The lowest BCUT2D eigenvalue weighted by Gasteiger charge is -2.22. The molecule has 0 heterocycles. The Morgan fingerprint density at radius 2 is 0.984 bits per heavy atom. The Hall–Kier alpha value is -7.68. The highest BCUT2D eigenvalue weighted by Gasteiger charge is 2.35. The lowest BCUT2D eigenvalue weighted by atomic mass is 9.81. The third-order valence-corrected chi connectivity index (χ3v) is 12.2. The van der Waals surface area contributed by atoms with E-state index in [2.05, 4.69) is 196 Å². The van der Waals surface area contributed by atoms with Gasteiger partial charge in [0.15, 0.2) is 5.84 Å². The fraction of sp³-hybridized carbons (Fsp3) is 0.0508. The molecule has 0 aromatic heterocycles. The summed E-state index contributed by atoms with van der Waals surface area (Å²) >= 11 is 0. The predicted octanol–water partition coefficient (Wildman–Crippen LogP) is 15.3. The van der Waals surface area contributed by atoms with Crippen LogP contribution in [0.2, 0.25) is 0 Å². The molecule has 0 amide bonds. The molecule has 9 aromatic rings. The minimum Gasteiger partial charge on any atom is -0.282 e. The summed E-state index contributed by atoms with van der Waals surface area (Å²) in [7, 11) is 0. The van der Waals surface area contributed by atoms with Crippen molar-refractivity contribution in [3.05, 3.63) is 246 Å². The fourth-order valence-corrected chi connectivity index (χ4v) is 9.05. The third kappa shape index (κ3) is 7.13. The van der Waals surface area contributed by atoms with E-state index < -0.39 is 0 Å². The van der Waals surface area contributed by atoms with Gasteiger partial charge >= 0.3 is 0 Å². The average molecular weight is 781 g/mol. The van der Waals surface area contributed by atoms with Crippen molar-refractivity contribution < 1.29 is 0 Å². The van der Waals surface area contributed by atoms with E-state index in [1.165, 1.54) is 49.9 Å². The van der Waals surface area contributed by atoms with Gasteiger partial charge in [-0.15, -0.1) is 0 Å². The van der Waals surface area contributed by atoms with E-state index >= 15 is 0 Å². The molecule has 0 saturated heterocycles. The number of amidine groups is 1. The summed E-state index contributed by atoms with van der Waals surface area (Å²) in [5, 5.41) is 11.4. The molecule has 0 fully saturated rings. The molecule has 0 unspecified atom stereocenters. The average Bonchev–Trinajstić information content (AvgIpc) is 3.56. The molecule has 9 aromatic carbocycles. The van der Waals surface area contributed by atoms with Gasteiger partial charge in [-0.1, -0.05) is 214 Å². The Bertz CT molecular complexity index is 3150. The molecule has 0 spiro atoms. The molecule has 0 aliphatic heterocycles. The summed E-state index contributed by atoms with van der Waals surface area (Å²) in [5.41, 5.74) is 18.2. The largest absolute Gasteiger partial charge is 0.282 e. The predicted molar refractivity (Wildman–Crippen MR) is 259 cm³/mol. The Kier molecular flexibility index (Phi) is 9.75. The SMILES string of the molecule is CC1(C)c2ccccc2-c2ccc(-c3cccc(-c4ccc(/C=C/C(=NC(=N)c5ccccc5)c5ccc(-c6ccccc6)c(-c6ccccc6)c5)c5ccccc45)c3)cc21. The first-order valence-corrected chi connectivity index (χ1v) is 21.0. The van der Waals surface area contributed by atoms with Crippen molar-refractivity contribution in [2.24, 2.45) is 4.99 Å². The first kappa shape index (κ1) is 37.6. The van der Waals surface area contributed by atoms with Crippen LogP contribution in [0.5, 0.6) is 0 Å². The maximum Gasteiger partial charge on any atom is 0.152 e. The smallest absolute Gasteiger partial charge is 0.152 e. The van der Waals surface area contributed by atoms with Crippen molar-refractivity contribution in [3.8, 4) is 55.6 Å². The molecule has 290 valence electrons. The van der Waals surface area contributed by atoms with Crippen LogP contribution in [-0.4, -0.2) is 11.5 Å². The van der Waals surface area contributed by atoms with Crippen LogP contribution in [0.3, 0.4) is 0 Å². The van der Waals surface area contributed by atoms with Gasteiger partial charge in [-0.05, 0) is 107 Å². The highest BCUT2D eigenvalue weighted by Crippen LogP contribution is 2.49. The standard InChI is InChI=1S/C59H44N2/c1-59(2)55-28-15-14-27-52(55)53-35-30-45(39-56(53)59)44-23-16-24-46(37-44)50-33-29-42(48-25-12-13-26-51(48)50)32-36-57(61-58(60)43-21-10-5-11-22-43)47-31-34-49(40-17-6-3-7-18-40)54(38-47)41-19-8-4-9-20-41/h3-39,60H,1-2H3/b36-32+,60-58?,61-57?. The number of rotatable bonds is 8. The number of allylic oxidation sites excluding steroid dienone is 1. The summed E-state index contributed by atoms with van der Waals surface area (Å²) in [6.07, 6.45) is 4.22. The van der Waals surface area contributed by atoms with Gasteiger partial charge in [0.2, 0.25) is 0 Å². The highest BCUT2D eigenvalue weighted by atomic mass is 14.8. The van der Waals surface area contributed by atoms with Crippen LogP contribution in [-0.2, 0) is 5.41 Å². The van der Waals surface area contributed by atoms with Crippen molar-refractivity contribution in [2.75, 3.05) is 0 Å². The van der Waals surface area contributed by atoms with E-state index in [-0.39, 0.29) is 11.3 Å². The van der Waals surface area contributed by atoms with E-state index in [0.717, 1.165) is 44.3 Å². The Morgan fingerprint density at radius 1 is 0.410 bits per heavy atom. The number of fused-ring (bicyclic) bond motifs is 4. The van der Waals surface area contributed by atoms with Crippen molar-refractivity contribution in [1.29, 1.82) is 5.41 Å². The lowest BCUT2D eigenvalue weighted by molar-refractivity contribution is 0.660. The van der Waals surface area contributed by atoms with Crippen LogP contribution in [0.15, 0.2) is 223 Å². The van der Waals surface area contributed by atoms with Gasteiger partial charge < -0.3 is 0 Å². The molecular formula is C59H44N2. The first-order valence-electron chi connectivity index (χ1n) is 21.0. The second kappa shape index (κ2) is 15.8. The van der Waals surface area contributed by atoms with E-state index in [9.17, 15) is 0 Å². The maximum atomic E-state index is 9.09. The Morgan fingerprint density at radius 3 is 1.75 bits per heavy atom. The normalized spacial score (nSPS) is 13.0. The van der Waals surface area contributed by atoms with Gasteiger partial charge in [0.25, 0.3) is 0 Å². The number of nitrogens with zero attached hydrogens (tertiary/aromatic N) is 1. The number of hydrogen-bond donors (Lipinski definition) is 1. The molecule has 10 rings (SSSR count). The molecular weight excluding hydrogens is 737 g/mol. The molecule has 1 aliphatic rings. The van der Waals surface area contributed by atoms with Crippen LogP contribution < -0.4 is 0 Å². The van der Waals surface area contributed by atoms with Gasteiger partial charge in [-0.2, -0.15) is 0 Å². The third-order valence-electron chi connectivity index (χ3n) is 12.2. The molecule has 2 heteroatoms. The van der Waals surface area contributed by atoms with Crippen molar-refractivity contribution in [3.63, 3.8) is 0 Å². The molecule has 2 nitrogen and oxygen atoms in total. The molecule has 0 bridgehead atoms. The number of nitrogens with one attached hydrogen (secondary N) is 1. The van der Waals surface area contributed by atoms with Crippen molar-refractivity contribution in [1.82, 2.24) is 0 Å². The van der Waals surface area contributed by atoms with Crippen LogP contribution >= 0.6 is 0 Å². The van der Waals surface area contributed by atoms with Crippen molar-refractivity contribution in [2.45, 2.75) is 19.3 Å².